The van der Waals surface area contributed by atoms with E-state index in [1.54, 1.807) is 0 Å². The lowest BCUT2D eigenvalue weighted by molar-refractivity contribution is 0.536. The van der Waals surface area contributed by atoms with Gasteiger partial charge in [0.15, 0.2) is 0 Å². The first-order chi connectivity index (χ1) is 23.1. The average Bonchev–Trinajstić information content (AvgIpc) is 3.10. The summed E-state index contributed by atoms with van der Waals surface area (Å²) in [5.41, 5.74) is 13.8. The minimum absolute atomic E-state index is 0.146. The molecule has 4 aromatic rings. The lowest BCUT2D eigenvalue weighted by atomic mass is 9.79. The van der Waals surface area contributed by atoms with Crippen molar-refractivity contribution in [3.63, 3.8) is 0 Å². The van der Waals surface area contributed by atoms with Crippen molar-refractivity contribution < 1.29 is 0 Å². The average molecular weight is 634 g/mol. The van der Waals surface area contributed by atoms with Crippen molar-refractivity contribution >= 4 is 22.8 Å². The first kappa shape index (κ1) is 34.4. The molecular formula is C45H51N3. The minimum atomic E-state index is -0.146. The number of nitrogens with zero attached hydrogens (tertiary/aromatic N) is 2. The fraction of sp³-hybridized carbons (Fsp3) is 0.267. The molecule has 0 radical (unpaired) electrons. The summed E-state index contributed by atoms with van der Waals surface area (Å²) in [6.07, 6.45) is 7.86. The molecule has 2 atom stereocenters. The SMILES string of the molecule is C=CC1=NC(C(=C)N(C)c2ccccc2Nc2c(C(C)C)cc(-c3ccccc3)cc2C(C)C)C(CCC(=C)/C=C\C)c2ccccc21. The molecule has 0 aromatic heterocycles. The van der Waals surface area contributed by atoms with Crippen molar-refractivity contribution in [2.45, 2.75) is 71.3 Å². The lowest BCUT2D eigenvalue weighted by Crippen LogP contribution is -2.34. The van der Waals surface area contributed by atoms with Crippen LogP contribution in [-0.2, 0) is 0 Å². The number of likely N-dealkylation sites (N-methyl/N-ethyl adjacent to an activating group) is 1. The largest absolute Gasteiger partial charge is 0.353 e. The maximum atomic E-state index is 5.31. The van der Waals surface area contributed by atoms with Gasteiger partial charge in [-0.1, -0.05) is 132 Å². The standard InChI is InChI=1S/C45H51N3/c1-10-19-32(7)26-27-38-36-22-15-16-23-37(36)41(11-2)46-44(38)33(8)48(9)43-25-18-17-24-42(43)47-45-39(30(3)4)28-35(29-40(45)31(5)6)34-20-13-12-14-21-34/h10-25,28-31,38,44,47H,2,7-8,26-27H2,1,3-6,9H3/b19-10-. The Kier molecular flexibility index (Phi) is 11.0. The van der Waals surface area contributed by atoms with Crippen LogP contribution in [0.1, 0.15) is 87.5 Å². The monoisotopic (exact) mass is 633 g/mol. The van der Waals surface area contributed by atoms with Crippen LogP contribution in [0, 0.1) is 0 Å². The molecule has 246 valence electrons. The maximum Gasteiger partial charge on any atom is 0.0969 e. The summed E-state index contributed by atoms with van der Waals surface area (Å²) < 4.78 is 0. The van der Waals surface area contributed by atoms with Crippen LogP contribution in [0.2, 0.25) is 0 Å². The second kappa shape index (κ2) is 15.3. The highest BCUT2D eigenvalue weighted by molar-refractivity contribution is 6.10. The zero-order valence-corrected chi connectivity index (χ0v) is 29.6. The molecule has 0 spiro atoms. The van der Waals surface area contributed by atoms with Gasteiger partial charge in [0.2, 0.25) is 0 Å². The van der Waals surface area contributed by atoms with Gasteiger partial charge in [-0.25, -0.2) is 0 Å². The Morgan fingerprint density at radius 3 is 2.12 bits per heavy atom. The molecule has 0 bridgehead atoms. The summed E-state index contributed by atoms with van der Waals surface area (Å²) >= 11 is 0. The van der Waals surface area contributed by atoms with Gasteiger partial charge in [-0.05, 0) is 89.8 Å². The van der Waals surface area contributed by atoms with Gasteiger partial charge >= 0.3 is 0 Å². The van der Waals surface area contributed by atoms with E-state index in [1.807, 2.05) is 13.0 Å². The highest BCUT2D eigenvalue weighted by Crippen LogP contribution is 2.43. The lowest BCUT2D eigenvalue weighted by Gasteiger charge is -2.37. The van der Waals surface area contributed by atoms with Gasteiger partial charge in [0.25, 0.3) is 0 Å². The van der Waals surface area contributed by atoms with Crippen LogP contribution < -0.4 is 10.2 Å². The zero-order chi connectivity index (χ0) is 34.4. The summed E-state index contributed by atoms with van der Waals surface area (Å²) in [5.74, 6) is 0.827. The Hall–Kier alpha value is -4.89. The van der Waals surface area contributed by atoms with E-state index in [2.05, 4.69) is 161 Å². The van der Waals surface area contributed by atoms with Crippen LogP contribution in [-0.4, -0.2) is 18.8 Å². The van der Waals surface area contributed by atoms with Crippen LogP contribution in [0.15, 0.2) is 145 Å². The summed E-state index contributed by atoms with van der Waals surface area (Å²) in [6, 6.07) is 32.4. The maximum absolute atomic E-state index is 5.31. The Morgan fingerprint density at radius 1 is 0.854 bits per heavy atom. The quantitative estimate of drug-likeness (QED) is 0.148. The van der Waals surface area contributed by atoms with E-state index >= 15 is 0 Å². The van der Waals surface area contributed by atoms with Crippen molar-refractivity contribution in [3.05, 3.63) is 162 Å². The number of hydrogen-bond donors (Lipinski definition) is 1. The van der Waals surface area contributed by atoms with Crippen molar-refractivity contribution in [3.8, 4) is 11.1 Å². The summed E-state index contributed by atoms with van der Waals surface area (Å²) in [5, 5.41) is 3.94. The summed E-state index contributed by atoms with van der Waals surface area (Å²) in [4.78, 5) is 7.53. The van der Waals surface area contributed by atoms with Gasteiger partial charge in [0.05, 0.1) is 23.1 Å². The molecule has 0 saturated carbocycles. The number of benzene rings is 4. The van der Waals surface area contributed by atoms with Crippen LogP contribution >= 0.6 is 0 Å². The van der Waals surface area contributed by atoms with E-state index < -0.39 is 0 Å². The molecular weight excluding hydrogens is 583 g/mol. The third kappa shape index (κ3) is 7.31. The van der Waals surface area contributed by atoms with E-state index in [0.717, 1.165) is 46.8 Å². The second-order valence-corrected chi connectivity index (χ2v) is 13.5. The minimum Gasteiger partial charge on any atom is -0.353 e. The molecule has 1 aliphatic rings. The molecule has 2 unspecified atom stereocenters. The van der Waals surface area contributed by atoms with Crippen LogP contribution in [0.5, 0.6) is 0 Å². The van der Waals surface area contributed by atoms with Gasteiger partial charge in [-0.15, -0.1) is 0 Å². The highest BCUT2D eigenvalue weighted by Gasteiger charge is 2.33. The molecule has 1 aliphatic heterocycles. The fourth-order valence-electron chi connectivity index (χ4n) is 6.88. The highest BCUT2D eigenvalue weighted by atomic mass is 15.2. The summed E-state index contributed by atoms with van der Waals surface area (Å²) in [7, 11) is 2.12. The number of para-hydroxylation sites is 2. The Balaban J connectivity index is 1.54. The smallest absolute Gasteiger partial charge is 0.0969 e. The predicted molar refractivity (Wildman–Crippen MR) is 210 cm³/mol. The van der Waals surface area contributed by atoms with Crippen molar-refractivity contribution in [2.75, 3.05) is 17.3 Å². The number of fused-ring (bicyclic) bond motifs is 1. The number of allylic oxidation sites excluding steroid dienone is 4. The van der Waals surface area contributed by atoms with Crippen molar-refractivity contribution in [2.24, 2.45) is 4.99 Å². The van der Waals surface area contributed by atoms with E-state index in [4.69, 9.17) is 11.6 Å². The van der Waals surface area contributed by atoms with Crippen LogP contribution in [0.25, 0.3) is 11.1 Å². The third-order valence-corrected chi connectivity index (χ3v) is 9.52. The van der Waals surface area contributed by atoms with E-state index in [9.17, 15) is 0 Å². The van der Waals surface area contributed by atoms with E-state index in [1.165, 1.54) is 33.5 Å². The van der Waals surface area contributed by atoms with Gasteiger partial charge < -0.3 is 10.2 Å². The molecule has 0 aliphatic carbocycles. The van der Waals surface area contributed by atoms with Crippen molar-refractivity contribution in [1.82, 2.24) is 0 Å². The van der Waals surface area contributed by atoms with Crippen molar-refractivity contribution in [1.29, 1.82) is 0 Å². The molecule has 48 heavy (non-hydrogen) atoms. The Morgan fingerprint density at radius 2 is 1.48 bits per heavy atom. The number of aliphatic imine (C=N–C) groups is 1. The van der Waals surface area contributed by atoms with Crippen LogP contribution in [0.3, 0.4) is 0 Å². The Labute approximate surface area is 289 Å². The number of nitrogens with one attached hydrogen (secondary N) is 1. The molecule has 3 nitrogen and oxygen atoms in total. The second-order valence-electron chi connectivity index (χ2n) is 13.5. The molecule has 4 aromatic carbocycles. The number of rotatable bonds is 13. The number of hydrogen-bond acceptors (Lipinski definition) is 3. The first-order valence-electron chi connectivity index (χ1n) is 17.3. The molecule has 3 heteroatoms. The molecule has 1 heterocycles. The zero-order valence-electron chi connectivity index (χ0n) is 29.6. The molecule has 0 amide bonds. The van der Waals surface area contributed by atoms with E-state index in [0.29, 0.717) is 11.8 Å². The van der Waals surface area contributed by atoms with Gasteiger partial charge in [0.1, 0.15) is 0 Å². The molecule has 1 N–H and O–H groups in total. The molecule has 5 rings (SSSR count). The predicted octanol–water partition coefficient (Wildman–Crippen LogP) is 12.3. The van der Waals surface area contributed by atoms with Gasteiger partial charge in [-0.3, -0.25) is 4.99 Å². The molecule has 0 saturated heterocycles. The number of anilines is 3. The normalized spacial score (nSPS) is 15.7. The summed E-state index contributed by atoms with van der Waals surface area (Å²) in [6.45, 7) is 24.3. The topological polar surface area (TPSA) is 27.6 Å². The van der Waals surface area contributed by atoms with Gasteiger partial charge in [0, 0.05) is 29.9 Å². The van der Waals surface area contributed by atoms with Gasteiger partial charge in [-0.2, -0.15) is 0 Å². The first-order valence-corrected chi connectivity index (χ1v) is 17.3. The third-order valence-electron chi connectivity index (χ3n) is 9.52. The molecule has 0 fully saturated rings. The Bertz CT molecular complexity index is 1810. The van der Waals surface area contributed by atoms with E-state index in [-0.39, 0.29) is 12.0 Å². The fourth-order valence-corrected chi connectivity index (χ4v) is 6.88. The van der Waals surface area contributed by atoms with Crippen LogP contribution in [0.4, 0.5) is 17.1 Å².